The lowest BCUT2D eigenvalue weighted by atomic mass is 10.1. The standard InChI is InChI=1S/C16H27NO/c1-3-5-6-12-18-14-16-9-7-15(8-10-16)13-17-11-4-2/h7-10,17H,3-6,11-14H2,1-2H3. The van der Waals surface area contributed by atoms with Gasteiger partial charge in [-0.25, -0.2) is 0 Å². The van der Waals surface area contributed by atoms with Gasteiger partial charge in [0.1, 0.15) is 0 Å². The van der Waals surface area contributed by atoms with E-state index in [1.54, 1.807) is 0 Å². The molecular weight excluding hydrogens is 222 g/mol. The highest BCUT2D eigenvalue weighted by atomic mass is 16.5. The second-order valence-corrected chi connectivity index (χ2v) is 4.75. The Morgan fingerprint density at radius 1 is 0.944 bits per heavy atom. The molecule has 1 aromatic carbocycles. The van der Waals surface area contributed by atoms with Gasteiger partial charge in [0.15, 0.2) is 0 Å². The summed E-state index contributed by atoms with van der Waals surface area (Å²) in [5.74, 6) is 0. The molecule has 0 bridgehead atoms. The molecule has 2 heteroatoms. The summed E-state index contributed by atoms with van der Waals surface area (Å²) in [5.41, 5.74) is 2.61. The minimum Gasteiger partial charge on any atom is -0.377 e. The Balaban J connectivity index is 2.19. The van der Waals surface area contributed by atoms with E-state index in [1.165, 1.54) is 36.8 Å². The number of ether oxygens (including phenoxy) is 1. The molecule has 1 N–H and O–H groups in total. The van der Waals surface area contributed by atoms with Gasteiger partial charge < -0.3 is 10.1 Å². The number of nitrogens with one attached hydrogen (secondary N) is 1. The molecule has 0 saturated carbocycles. The maximum absolute atomic E-state index is 5.64. The van der Waals surface area contributed by atoms with E-state index in [0.29, 0.717) is 0 Å². The fourth-order valence-electron chi connectivity index (χ4n) is 1.81. The second-order valence-electron chi connectivity index (χ2n) is 4.75. The molecule has 0 spiro atoms. The Bertz CT molecular complexity index is 294. The molecule has 0 radical (unpaired) electrons. The van der Waals surface area contributed by atoms with Crippen molar-refractivity contribution in [1.82, 2.24) is 5.32 Å². The third-order valence-electron chi connectivity index (χ3n) is 2.94. The summed E-state index contributed by atoms with van der Waals surface area (Å²) in [6.07, 6.45) is 4.88. The van der Waals surface area contributed by atoms with Gasteiger partial charge in [-0.2, -0.15) is 0 Å². The maximum Gasteiger partial charge on any atom is 0.0716 e. The van der Waals surface area contributed by atoms with Gasteiger partial charge in [-0.15, -0.1) is 0 Å². The van der Waals surface area contributed by atoms with Crippen molar-refractivity contribution in [3.63, 3.8) is 0 Å². The average Bonchev–Trinajstić information content (AvgIpc) is 2.40. The molecule has 0 atom stereocenters. The van der Waals surface area contributed by atoms with E-state index in [4.69, 9.17) is 4.74 Å². The molecule has 18 heavy (non-hydrogen) atoms. The predicted molar refractivity (Wildman–Crippen MR) is 77.6 cm³/mol. The highest BCUT2D eigenvalue weighted by Gasteiger charge is 1.95. The Labute approximate surface area is 112 Å². The quantitative estimate of drug-likeness (QED) is 0.635. The van der Waals surface area contributed by atoms with Gasteiger partial charge in [0, 0.05) is 13.2 Å². The molecular formula is C16H27NO. The van der Waals surface area contributed by atoms with Crippen LogP contribution >= 0.6 is 0 Å². The van der Waals surface area contributed by atoms with E-state index in [2.05, 4.69) is 43.4 Å². The van der Waals surface area contributed by atoms with Crippen molar-refractivity contribution < 1.29 is 4.74 Å². The van der Waals surface area contributed by atoms with Crippen LogP contribution in [-0.4, -0.2) is 13.2 Å². The van der Waals surface area contributed by atoms with E-state index in [1.807, 2.05) is 0 Å². The molecule has 1 aromatic rings. The van der Waals surface area contributed by atoms with Crippen molar-refractivity contribution in [3.8, 4) is 0 Å². The van der Waals surface area contributed by atoms with Crippen molar-refractivity contribution in [2.75, 3.05) is 13.2 Å². The van der Waals surface area contributed by atoms with Gasteiger partial charge in [-0.3, -0.25) is 0 Å². The van der Waals surface area contributed by atoms with E-state index < -0.39 is 0 Å². The minimum atomic E-state index is 0.742. The molecule has 0 fully saturated rings. The Hall–Kier alpha value is -0.860. The molecule has 2 nitrogen and oxygen atoms in total. The van der Waals surface area contributed by atoms with E-state index in [0.717, 1.165) is 26.3 Å². The zero-order valence-electron chi connectivity index (χ0n) is 11.9. The highest BCUT2D eigenvalue weighted by molar-refractivity contribution is 5.21. The van der Waals surface area contributed by atoms with Crippen LogP contribution in [0.4, 0.5) is 0 Å². The van der Waals surface area contributed by atoms with Gasteiger partial charge in [-0.1, -0.05) is 51.0 Å². The first-order valence-electron chi connectivity index (χ1n) is 7.23. The smallest absolute Gasteiger partial charge is 0.0716 e. The molecule has 0 aliphatic heterocycles. The number of hydrogen-bond donors (Lipinski definition) is 1. The van der Waals surface area contributed by atoms with E-state index in [-0.39, 0.29) is 0 Å². The van der Waals surface area contributed by atoms with Crippen LogP contribution in [-0.2, 0) is 17.9 Å². The molecule has 0 unspecified atom stereocenters. The summed E-state index contributed by atoms with van der Waals surface area (Å²) >= 11 is 0. The molecule has 0 aliphatic rings. The summed E-state index contributed by atoms with van der Waals surface area (Å²) < 4.78 is 5.64. The molecule has 102 valence electrons. The van der Waals surface area contributed by atoms with Crippen LogP contribution in [0.3, 0.4) is 0 Å². The lowest BCUT2D eigenvalue weighted by Crippen LogP contribution is -2.13. The largest absolute Gasteiger partial charge is 0.377 e. The van der Waals surface area contributed by atoms with E-state index in [9.17, 15) is 0 Å². The third kappa shape index (κ3) is 6.77. The van der Waals surface area contributed by atoms with Crippen LogP contribution in [0.5, 0.6) is 0 Å². The zero-order valence-corrected chi connectivity index (χ0v) is 11.9. The second kappa shape index (κ2) is 10.1. The predicted octanol–water partition coefficient (Wildman–Crippen LogP) is 3.89. The average molecular weight is 249 g/mol. The van der Waals surface area contributed by atoms with Crippen molar-refractivity contribution in [2.45, 2.75) is 52.7 Å². The zero-order chi connectivity index (χ0) is 13.1. The summed E-state index contributed by atoms with van der Waals surface area (Å²) in [6.45, 7) is 8.07. The fourth-order valence-corrected chi connectivity index (χ4v) is 1.81. The Kier molecular flexibility index (Phi) is 8.53. The molecule has 0 aliphatic carbocycles. The van der Waals surface area contributed by atoms with Gasteiger partial charge >= 0.3 is 0 Å². The maximum atomic E-state index is 5.64. The number of hydrogen-bond acceptors (Lipinski definition) is 2. The number of benzene rings is 1. The highest BCUT2D eigenvalue weighted by Crippen LogP contribution is 2.06. The monoisotopic (exact) mass is 249 g/mol. The van der Waals surface area contributed by atoms with Crippen LogP contribution in [0.2, 0.25) is 0 Å². The lowest BCUT2D eigenvalue weighted by molar-refractivity contribution is 0.117. The molecule has 0 amide bonds. The van der Waals surface area contributed by atoms with Gasteiger partial charge in [0.05, 0.1) is 6.61 Å². The van der Waals surface area contributed by atoms with Crippen molar-refractivity contribution in [3.05, 3.63) is 35.4 Å². The van der Waals surface area contributed by atoms with Crippen LogP contribution < -0.4 is 5.32 Å². The first kappa shape index (κ1) is 15.2. The van der Waals surface area contributed by atoms with Gasteiger partial charge in [0.25, 0.3) is 0 Å². The molecule has 0 heterocycles. The van der Waals surface area contributed by atoms with E-state index >= 15 is 0 Å². The SMILES string of the molecule is CCCCCOCc1ccc(CNCCC)cc1. The topological polar surface area (TPSA) is 21.3 Å². The first-order chi connectivity index (χ1) is 8.86. The van der Waals surface area contributed by atoms with Gasteiger partial charge in [0.2, 0.25) is 0 Å². The third-order valence-corrected chi connectivity index (χ3v) is 2.94. The fraction of sp³-hybridized carbons (Fsp3) is 0.625. The lowest BCUT2D eigenvalue weighted by Gasteiger charge is -2.06. The first-order valence-corrected chi connectivity index (χ1v) is 7.23. The van der Waals surface area contributed by atoms with Crippen LogP contribution in [0.25, 0.3) is 0 Å². The normalized spacial score (nSPS) is 10.8. The number of unbranched alkanes of at least 4 members (excludes halogenated alkanes) is 2. The van der Waals surface area contributed by atoms with Crippen LogP contribution in [0.1, 0.15) is 50.7 Å². The van der Waals surface area contributed by atoms with Crippen LogP contribution in [0.15, 0.2) is 24.3 Å². The van der Waals surface area contributed by atoms with Gasteiger partial charge in [-0.05, 0) is 30.5 Å². The molecule has 0 saturated heterocycles. The van der Waals surface area contributed by atoms with Crippen molar-refractivity contribution in [1.29, 1.82) is 0 Å². The van der Waals surface area contributed by atoms with Crippen molar-refractivity contribution in [2.24, 2.45) is 0 Å². The Morgan fingerprint density at radius 2 is 1.67 bits per heavy atom. The summed E-state index contributed by atoms with van der Waals surface area (Å²) in [5, 5.41) is 3.41. The summed E-state index contributed by atoms with van der Waals surface area (Å²) in [7, 11) is 0. The van der Waals surface area contributed by atoms with Crippen LogP contribution in [0, 0.1) is 0 Å². The minimum absolute atomic E-state index is 0.742. The number of rotatable bonds is 10. The summed E-state index contributed by atoms with van der Waals surface area (Å²) in [4.78, 5) is 0. The summed E-state index contributed by atoms with van der Waals surface area (Å²) in [6, 6.07) is 8.71. The van der Waals surface area contributed by atoms with Crippen molar-refractivity contribution >= 4 is 0 Å². The molecule has 1 rings (SSSR count). The Morgan fingerprint density at radius 3 is 2.33 bits per heavy atom. The molecule has 0 aromatic heterocycles.